The lowest BCUT2D eigenvalue weighted by Gasteiger charge is -2.01. The summed E-state index contributed by atoms with van der Waals surface area (Å²) in [6, 6.07) is 5.80. The number of hydrogen-bond donors (Lipinski definition) is 2. The summed E-state index contributed by atoms with van der Waals surface area (Å²) in [6.45, 7) is 0. The lowest BCUT2D eigenvalue weighted by molar-refractivity contribution is 0.419. The number of hydrogen-bond acceptors (Lipinski definition) is 4. The number of thiol groups is 1. The highest BCUT2D eigenvalue weighted by Gasteiger charge is 2.05. The second-order valence-electron chi connectivity index (χ2n) is 2.71. The minimum absolute atomic E-state index is 0.798. The Kier molecular flexibility index (Phi) is 2.09. The maximum atomic E-state index is 5.70. The molecule has 0 spiro atoms. The number of fused-ring (bicyclic) bond motifs is 1. The average molecular weight is 211 g/mol. The lowest BCUT2D eigenvalue weighted by atomic mass is 10.2. The summed E-state index contributed by atoms with van der Waals surface area (Å²) >= 11 is 5.82. The fourth-order valence-electron chi connectivity index (χ4n) is 1.28. The van der Waals surface area contributed by atoms with Gasteiger partial charge in [-0.2, -0.15) is 0 Å². The van der Waals surface area contributed by atoms with Crippen LogP contribution in [0.25, 0.3) is 10.1 Å². The Morgan fingerprint density at radius 2 is 2.15 bits per heavy atom. The normalized spacial score (nSPS) is 10.6. The van der Waals surface area contributed by atoms with Gasteiger partial charge >= 0.3 is 0 Å². The van der Waals surface area contributed by atoms with E-state index in [1.807, 2.05) is 18.2 Å². The largest absolute Gasteiger partial charge is 0.496 e. The number of nitrogen functional groups attached to an aromatic ring is 1. The fourth-order valence-corrected chi connectivity index (χ4v) is 2.50. The van der Waals surface area contributed by atoms with E-state index in [4.69, 9.17) is 10.5 Å². The van der Waals surface area contributed by atoms with Gasteiger partial charge in [0.25, 0.3) is 0 Å². The summed E-state index contributed by atoms with van der Waals surface area (Å²) in [5.74, 6) is 0.829. The summed E-state index contributed by atoms with van der Waals surface area (Å²) in [5, 5.41) is 1.86. The highest BCUT2D eigenvalue weighted by Crippen LogP contribution is 2.36. The van der Waals surface area contributed by atoms with Crippen LogP contribution in [0.2, 0.25) is 0 Å². The molecule has 68 valence electrons. The summed E-state index contributed by atoms with van der Waals surface area (Å²) < 4.78 is 6.34. The van der Waals surface area contributed by atoms with E-state index in [0.29, 0.717) is 0 Å². The van der Waals surface area contributed by atoms with Gasteiger partial charge in [0.2, 0.25) is 0 Å². The van der Waals surface area contributed by atoms with E-state index < -0.39 is 0 Å². The quantitative estimate of drug-likeness (QED) is 0.711. The summed E-state index contributed by atoms with van der Waals surface area (Å²) in [7, 11) is 1.65. The lowest BCUT2D eigenvalue weighted by Crippen LogP contribution is -1.82. The molecule has 0 bridgehead atoms. The predicted octanol–water partition coefficient (Wildman–Crippen LogP) is 2.78. The number of rotatable bonds is 1. The van der Waals surface area contributed by atoms with Crippen LogP contribution < -0.4 is 10.5 Å². The number of anilines is 1. The predicted molar refractivity (Wildman–Crippen MR) is 60.0 cm³/mol. The number of benzene rings is 1. The van der Waals surface area contributed by atoms with Crippen LogP contribution in [-0.4, -0.2) is 7.11 Å². The van der Waals surface area contributed by atoms with E-state index in [0.717, 1.165) is 25.7 Å². The van der Waals surface area contributed by atoms with Crippen molar-refractivity contribution in [2.24, 2.45) is 0 Å². The van der Waals surface area contributed by atoms with Crippen LogP contribution in [-0.2, 0) is 0 Å². The minimum Gasteiger partial charge on any atom is -0.496 e. The Bertz CT molecular complexity index is 450. The van der Waals surface area contributed by atoms with Crippen molar-refractivity contribution in [2.75, 3.05) is 12.8 Å². The van der Waals surface area contributed by atoms with Crippen molar-refractivity contribution in [2.45, 2.75) is 4.90 Å². The van der Waals surface area contributed by atoms with Crippen LogP contribution in [0.3, 0.4) is 0 Å². The van der Waals surface area contributed by atoms with Crippen LogP contribution in [0, 0.1) is 0 Å². The molecule has 4 heteroatoms. The zero-order valence-electron chi connectivity index (χ0n) is 7.07. The molecule has 0 aliphatic carbocycles. The number of thiophene rings is 1. The minimum atomic E-state index is 0.798. The van der Waals surface area contributed by atoms with E-state index in [1.165, 1.54) is 0 Å². The Hall–Kier alpha value is -0.870. The molecule has 0 atom stereocenters. The maximum Gasteiger partial charge on any atom is 0.128 e. The van der Waals surface area contributed by atoms with Gasteiger partial charge in [-0.05, 0) is 18.2 Å². The van der Waals surface area contributed by atoms with Gasteiger partial charge in [-0.1, -0.05) is 0 Å². The Labute approximate surface area is 85.7 Å². The van der Waals surface area contributed by atoms with E-state index in [2.05, 4.69) is 12.6 Å². The first-order valence-electron chi connectivity index (χ1n) is 3.76. The van der Waals surface area contributed by atoms with Gasteiger partial charge in [0, 0.05) is 15.0 Å². The highest BCUT2D eigenvalue weighted by atomic mass is 32.1. The molecule has 0 unspecified atom stereocenters. The molecule has 2 nitrogen and oxygen atoms in total. The van der Waals surface area contributed by atoms with E-state index >= 15 is 0 Å². The fraction of sp³-hybridized carbons (Fsp3) is 0.111. The average Bonchev–Trinajstić information content (AvgIpc) is 2.43. The van der Waals surface area contributed by atoms with Crippen LogP contribution in [0.5, 0.6) is 5.75 Å². The molecule has 2 aromatic rings. The van der Waals surface area contributed by atoms with Crippen molar-refractivity contribution >= 4 is 39.1 Å². The van der Waals surface area contributed by atoms with Gasteiger partial charge in [0.1, 0.15) is 5.75 Å². The van der Waals surface area contributed by atoms with Crippen LogP contribution in [0.15, 0.2) is 23.1 Å². The van der Waals surface area contributed by atoms with Crippen molar-refractivity contribution < 1.29 is 4.74 Å². The molecule has 2 N–H and O–H groups in total. The van der Waals surface area contributed by atoms with Gasteiger partial charge in [0.15, 0.2) is 0 Å². The van der Waals surface area contributed by atoms with Crippen LogP contribution in [0.1, 0.15) is 0 Å². The van der Waals surface area contributed by atoms with Gasteiger partial charge in [-0.25, -0.2) is 0 Å². The molecule has 0 radical (unpaired) electrons. The maximum absolute atomic E-state index is 5.70. The molecule has 0 aliphatic heterocycles. The smallest absolute Gasteiger partial charge is 0.128 e. The molecule has 1 aromatic carbocycles. The second-order valence-corrected chi connectivity index (χ2v) is 4.34. The third-order valence-corrected chi connectivity index (χ3v) is 2.99. The Balaban J connectivity index is 2.80. The molecule has 0 amide bonds. The topological polar surface area (TPSA) is 35.2 Å². The zero-order chi connectivity index (χ0) is 9.42. The molecule has 13 heavy (non-hydrogen) atoms. The first-order valence-corrected chi connectivity index (χ1v) is 5.03. The monoisotopic (exact) mass is 211 g/mol. The summed E-state index contributed by atoms with van der Waals surface area (Å²) in [6.07, 6.45) is 0. The van der Waals surface area contributed by atoms with E-state index in [9.17, 15) is 0 Å². The highest BCUT2D eigenvalue weighted by molar-refractivity contribution is 7.80. The molecule has 2 rings (SSSR count). The first kappa shape index (κ1) is 8.72. The standard InChI is InChI=1S/C9H9NOS2/c1-11-7-2-5(12)3-8-6(7)4-9(10)13-8/h2-4,12H,10H2,1H3. The first-order chi connectivity index (χ1) is 6.20. The van der Waals surface area contributed by atoms with Crippen LogP contribution in [0.4, 0.5) is 5.00 Å². The molecule has 1 heterocycles. The summed E-state index contributed by atoms with van der Waals surface area (Å²) in [5.41, 5.74) is 5.70. The molecule has 0 saturated heterocycles. The Morgan fingerprint density at radius 1 is 1.38 bits per heavy atom. The molecule has 1 aromatic heterocycles. The number of methoxy groups -OCH3 is 1. The van der Waals surface area contributed by atoms with Crippen molar-refractivity contribution in [1.29, 1.82) is 0 Å². The van der Waals surface area contributed by atoms with E-state index in [-0.39, 0.29) is 0 Å². The zero-order valence-corrected chi connectivity index (χ0v) is 8.78. The van der Waals surface area contributed by atoms with E-state index in [1.54, 1.807) is 18.4 Å². The van der Waals surface area contributed by atoms with Crippen molar-refractivity contribution in [1.82, 2.24) is 0 Å². The van der Waals surface area contributed by atoms with Gasteiger partial charge in [-0.3, -0.25) is 0 Å². The van der Waals surface area contributed by atoms with Gasteiger partial charge in [-0.15, -0.1) is 24.0 Å². The number of ether oxygens (including phenoxy) is 1. The molecular weight excluding hydrogens is 202 g/mol. The third-order valence-electron chi connectivity index (χ3n) is 1.82. The summed E-state index contributed by atoms with van der Waals surface area (Å²) in [4.78, 5) is 0.895. The van der Waals surface area contributed by atoms with Gasteiger partial charge in [0.05, 0.1) is 12.1 Å². The third kappa shape index (κ3) is 1.47. The molecule has 0 saturated carbocycles. The molecular formula is C9H9NOS2. The molecule has 0 fully saturated rings. The number of nitrogens with two attached hydrogens (primary N) is 1. The van der Waals surface area contributed by atoms with Crippen molar-refractivity contribution in [3.63, 3.8) is 0 Å². The Morgan fingerprint density at radius 3 is 2.85 bits per heavy atom. The van der Waals surface area contributed by atoms with Crippen molar-refractivity contribution in [3.8, 4) is 5.75 Å². The van der Waals surface area contributed by atoms with Crippen molar-refractivity contribution in [3.05, 3.63) is 18.2 Å². The van der Waals surface area contributed by atoms with Crippen LogP contribution >= 0.6 is 24.0 Å². The second kappa shape index (κ2) is 3.12. The van der Waals surface area contributed by atoms with Gasteiger partial charge < -0.3 is 10.5 Å². The SMILES string of the molecule is COc1cc(S)cc2sc(N)cc12. The molecule has 0 aliphatic rings.